The van der Waals surface area contributed by atoms with Crippen molar-refractivity contribution in [3.63, 3.8) is 0 Å². The van der Waals surface area contributed by atoms with Gasteiger partial charge in [-0.05, 0) is 48.9 Å². The van der Waals surface area contributed by atoms with E-state index in [9.17, 15) is 18.0 Å². The molecule has 0 radical (unpaired) electrons. The first-order valence-electron chi connectivity index (χ1n) is 7.85. The summed E-state index contributed by atoms with van der Waals surface area (Å²) in [5.74, 6) is 0. The molecule has 0 saturated heterocycles. The van der Waals surface area contributed by atoms with Crippen molar-refractivity contribution in [3.05, 3.63) is 63.8 Å². The highest BCUT2D eigenvalue weighted by molar-refractivity contribution is 6.35. The number of urea groups is 1. The van der Waals surface area contributed by atoms with Crippen LogP contribution in [-0.4, -0.2) is 11.0 Å². The molecule has 3 aromatic rings. The molecule has 0 aliphatic heterocycles. The van der Waals surface area contributed by atoms with Crippen molar-refractivity contribution < 1.29 is 18.0 Å². The third kappa shape index (κ3) is 4.48. The zero-order chi connectivity index (χ0) is 19.8. The number of carbonyl (C=O) groups is 1. The predicted octanol–water partition coefficient (Wildman–Crippen LogP) is 6.38. The summed E-state index contributed by atoms with van der Waals surface area (Å²) in [4.78, 5) is 15.2. The third-order valence-corrected chi connectivity index (χ3v) is 4.50. The van der Waals surface area contributed by atoms with Crippen molar-refractivity contribution in [1.29, 1.82) is 0 Å². The van der Waals surface area contributed by atoms with Crippen LogP contribution in [0.3, 0.4) is 0 Å². The maximum absolute atomic E-state index is 12.9. The van der Waals surface area contributed by atoms with Gasteiger partial charge in [0.2, 0.25) is 0 Å². The molecule has 0 saturated carbocycles. The molecular formula is C18H14Cl2F3N3O. The number of fused-ring (bicyclic) bond motifs is 1. The van der Waals surface area contributed by atoms with Crippen molar-refractivity contribution in [2.75, 3.05) is 5.32 Å². The summed E-state index contributed by atoms with van der Waals surface area (Å²) in [6.45, 7) is 1.56. The Morgan fingerprint density at radius 2 is 1.89 bits per heavy atom. The van der Waals surface area contributed by atoms with E-state index in [-0.39, 0.29) is 10.6 Å². The maximum atomic E-state index is 12.9. The smallest absolute Gasteiger partial charge is 0.361 e. The average Bonchev–Trinajstić information content (AvgIpc) is 3.02. The lowest BCUT2D eigenvalue weighted by Crippen LogP contribution is -2.31. The van der Waals surface area contributed by atoms with E-state index in [2.05, 4.69) is 15.6 Å². The summed E-state index contributed by atoms with van der Waals surface area (Å²) in [6.07, 6.45) is -2.80. The number of nitrogens with one attached hydrogen (secondary N) is 3. The molecule has 4 nitrogen and oxygen atoms in total. The van der Waals surface area contributed by atoms with Crippen molar-refractivity contribution >= 4 is 45.8 Å². The Labute approximate surface area is 162 Å². The van der Waals surface area contributed by atoms with Gasteiger partial charge in [-0.1, -0.05) is 23.2 Å². The number of benzene rings is 2. The van der Waals surface area contributed by atoms with E-state index in [1.54, 1.807) is 31.3 Å². The lowest BCUT2D eigenvalue weighted by atomic mass is 10.0. The second-order valence-corrected chi connectivity index (χ2v) is 6.83. The quantitative estimate of drug-likeness (QED) is 0.456. The molecule has 27 heavy (non-hydrogen) atoms. The number of carbonyl (C=O) groups excluding carboxylic acids is 1. The molecule has 3 rings (SSSR count). The molecule has 0 spiro atoms. The lowest BCUT2D eigenvalue weighted by molar-refractivity contribution is -0.137. The first-order chi connectivity index (χ1) is 12.6. The number of halogens is 5. The summed E-state index contributed by atoms with van der Waals surface area (Å²) in [5, 5.41) is 6.41. The fourth-order valence-corrected chi connectivity index (χ4v) is 3.19. The highest BCUT2D eigenvalue weighted by Gasteiger charge is 2.31. The van der Waals surface area contributed by atoms with Crippen LogP contribution >= 0.6 is 23.2 Å². The van der Waals surface area contributed by atoms with E-state index in [0.29, 0.717) is 10.7 Å². The Bertz CT molecular complexity index is 1000. The van der Waals surface area contributed by atoms with Crippen LogP contribution in [0.5, 0.6) is 0 Å². The highest BCUT2D eigenvalue weighted by Crippen LogP contribution is 2.33. The molecule has 142 valence electrons. The Morgan fingerprint density at radius 1 is 1.15 bits per heavy atom. The zero-order valence-electron chi connectivity index (χ0n) is 13.9. The summed E-state index contributed by atoms with van der Waals surface area (Å²) >= 11 is 11.9. The monoisotopic (exact) mass is 415 g/mol. The van der Waals surface area contributed by atoms with Gasteiger partial charge in [0.05, 0.1) is 16.6 Å². The molecule has 3 N–H and O–H groups in total. The van der Waals surface area contributed by atoms with Crippen LogP contribution in [0.4, 0.5) is 23.7 Å². The third-order valence-electron chi connectivity index (χ3n) is 3.97. The van der Waals surface area contributed by atoms with Crippen LogP contribution < -0.4 is 10.6 Å². The molecule has 1 heterocycles. The van der Waals surface area contributed by atoms with Crippen molar-refractivity contribution in [3.8, 4) is 0 Å². The van der Waals surface area contributed by atoms with Gasteiger partial charge < -0.3 is 15.6 Å². The van der Waals surface area contributed by atoms with E-state index in [1.807, 2.05) is 0 Å². The Hall–Kier alpha value is -2.38. The normalized spacial score (nSPS) is 12.8. The molecule has 9 heteroatoms. The molecule has 1 atom stereocenters. The van der Waals surface area contributed by atoms with Gasteiger partial charge >= 0.3 is 12.2 Å². The number of aromatic nitrogens is 1. The van der Waals surface area contributed by atoms with Gasteiger partial charge in [-0.15, -0.1) is 0 Å². The van der Waals surface area contributed by atoms with Crippen LogP contribution in [0.1, 0.15) is 24.1 Å². The minimum atomic E-state index is -4.52. The SMILES string of the molecule is C[C@H](NC(=O)Nc1cc(Cl)c2cc[nH]c2c1)c1cc(Cl)cc(C(F)(F)F)c1. The fourth-order valence-electron chi connectivity index (χ4n) is 2.67. The molecular weight excluding hydrogens is 402 g/mol. The lowest BCUT2D eigenvalue weighted by Gasteiger charge is -2.17. The van der Waals surface area contributed by atoms with Crippen LogP contribution in [0, 0.1) is 0 Å². The second kappa shape index (κ2) is 7.32. The van der Waals surface area contributed by atoms with E-state index < -0.39 is 23.8 Å². The second-order valence-electron chi connectivity index (χ2n) is 5.99. The summed E-state index contributed by atoms with van der Waals surface area (Å²) in [7, 11) is 0. The van der Waals surface area contributed by atoms with Crippen molar-refractivity contribution in [2.45, 2.75) is 19.1 Å². The van der Waals surface area contributed by atoms with Gasteiger partial charge in [0.1, 0.15) is 0 Å². The van der Waals surface area contributed by atoms with E-state index in [0.717, 1.165) is 23.0 Å². The number of hydrogen-bond acceptors (Lipinski definition) is 1. The number of amides is 2. The standard InChI is InChI=1S/C18H14Cl2F3N3O/c1-9(10-4-11(18(21,22)23)6-12(19)5-10)25-17(27)26-13-7-15(20)14-2-3-24-16(14)8-13/h2-9,24H,1H3,(H2,25,26,27)/t9-/m0/s1. The first-order valence-corrected chi connectivity index (χ1v) is 8.61. The number of aromatic amines is 1. The van der Waals surface area contributed by atoms with E-state index in [4.69, 9.17) is 23.2 Å². The topological polar surface area (TPSA) is 56.9 Å². The van der Waals surface area contributed by atoms with Crippen LogP contribution in [0.15, 0.2) is 42.6 Å². The van der Waals surface area contributed by atoms with Gasteiger partial charge in [-0.2, -0.15) is 13.2 Å². The number of rotatable bonds is 3. The Balaban J connectivity index is 1.74. The molecule has 0 aliphatic rings. The summed E-state index contributed by atoms with van der Waals surface area (Å²) < 4.78 is 38.8. The Morgan fingerprint density at radius 3 is 2.59 bits per heavy atom. The number of anilines is 1. The van der Waals surface area contributed by atoms with Gasteiger partial charge in [0, 0.05) is 27.8 Å². The van der Waals surface area contributed by atoms with Crippen LogP contribution in [0.2, 0.25) is 10.0 Å². The average molecular weight is 416 g/mol. The van der Waals surface area contributed by atoms with Gasteiger partial charge in [-0.25, -0.2) is 4.79 Å². The number of H-pyrrole nitrogens is 1. The number of alkyl halides is 3. The van der Waals surface area contributed by atoms with Crippen molar-refractivity contribution in [2.24, 2.45) is 0 Å². The minimum absolute atomic E-state index is 0.0575. The Kier molecular flexibility index (Phi) is 5.26. The molecule has 0 bridgehead atoms. The van der Waals surface area contributed by atoms with Gasteiger partial charge in [-0.3, -0.25) is 0 Å². The molecule has 2 aromatic carbocycles. The molecule has 0 unspecified atom stereocenters. The number of hydrogen-bond donors (Lipinski definition) is 3. The largest absolute Gasteiger partial charge is 0.416 e. The van der Waals surface area contributed by atoms with Crippen molar-refractivity contribution in [1.82, 2.24) is 10.3 Å². The van der Waals surface area contributed by atoms with Crippen LogP contribution in [-0.2, 0) is 6.18 Å². The summed E-state index contributed by atoms with van der Waals surface area (Å²) in [6, 6.07) is 6.98. The first kappa shape index (κ1) is 19.4. The van der Waals surface area contributed by atoms with Gasteiger partial charge in [0.25, 0.3) is 0 Å². The van der Waals surface area contributed by atoms with Gasteiger partial charge in [0.15, 0.2) is 0 Å². The molecule has 0 aliphatic carbocycles. The highest BCUT2D eigenvalue weighted by atomic mass is 35.5. The summed E-state index contributed by atoms with van der Waals surface area (Å²) in [5.41, 5.74) is 0.558. The van der Waals surface area contributed by atoms with Crippen LogP contribution in [0.25, 0.3) is 10.9 Å². The molecule has 1 aromatic heterocycles. The predicted molar refractivity (Wildman–Crippen MR) is 100 cm³/mol. The maximum Gasteiger partial charge on any atom is 0.416 e. The fraction of sp³-hybridized carbons (Fsp3) is 0.167. The molecule has 0 fully saturated rings. The zero-order valence-corrected chi connectivity index (χ0v) is 15.4. The van der Waals surface area contributed by atoms with E-state index in [1.165, 1.54) is 6.07 Å². The molecule has 2 amide bonds. The minimum Gasteiger partial charge on any atom is -0.361 e. The van der Waals surface area contributed by atoms with E-state index >= 15 is 0 Å².